The molecule has 0 aromatic carbocycles. The van der Waals surface area contributed by atoms with Gasteiger partial charge in [-0.3, -0.25) is 0 Å². The van der Waals surface area contributed by atoms with E-state index in [1.165, 1.54) is 32.1 Å². The van der Waals surface area contributed by atoms with Crippen LogP contribution in [0.25, 0.3) is 0 Å². The van der Waals surface area contributed by atoms with Crippen molar-refractivity contribution in [2.24, 2.45) is 17.3 Å². The van der Waals surface area contributed by atoms with Crippen LogP contribution in [0.5, 0.6) is 0 Å². The Bertz CT molecular complexity index is 224. The third-order valence-electron chi connectivity index (χ3n) is 4.45. The van der Waals surface area contributed by atoms with Gasteiger partial charge in [0.2, 0.25) is 0 Å². The largest absolute Gasteiger partial charge is 0.396 e. The van der Waals surface area contributed by atoms with Gasteiger partial charge in [-0.2, -0.15) is 0 Å². The van der Waals surface area contributed by atoms with Gasteiger partial charge in [0.05, 0.1) is 0 Å². The molecule has 0 aromatic rings. The Kier molecular flexibility index (Phi) is 1.60. The Hall–Kier alpha value is 0.250. The van der Waals surface area contributed by atoms with Crippen LogP contribution in [0, 0.1) is 17.3 Å². The van der Waals surface area contributed by atoms with Gasteiger partial charge in [0, 0.05) is 11.5 Å². The molecule has 1 N–H and O–H groups in total. The van der Waals surface area contributed by atoms with Crippen LogP contribution in [0.15, 0.2) is 0 Å². The Morgan fingerprint density at radius 3 is 2.23 bits per heavy atom. The van der Waals surface area contributed by atoms with E-state index in [2.05, 4.69) is 0 Å². The normalized spacial score (nSPS) is 58.6. The van der Waals surface area contributed by atoms with Gasteiger partial charge in [-0.15, -0.1) is 11.6 Å². The molecule has 74 valence electrons. The fraction of sp³-hybridized carbons (Fsp3) is 1.00. The maximum absolute atomic E-state index is 9.49. The average Bonchev–Trinajstić information content (AvgIpc) is 1.99. The highest BCUT2D eigenvalue weighted by atomic mass is 35.5. The summed E-state index contributed by atoms with van der Waals surface area (Å²) in [4.78, 5) is 0.0762. The minimum atomic E-state index is 0.0762. The molecule has 0 heterocycles. The van der Waals surface area contributed by atoms with Gasteiger partial charge in [-0.05, 0) is 55.8 Å². The van der Waals surface area contributed by atoms with Crippen LogP contribution < -0.4 is 0 Å². The second kappa shape index (κ2) is 2.43. The summed E-state index contributed by atoms with van der Waals surface area (Å²) >= 11 is 6.59. The zero-order valence-corrected chi connectivity index (χ0v) is 8.69. The predicted molar refractivity (Wildman–Crippen MR) is 52.8 cm³/mol. The molecular formula is C11H17ClO. The van der Waals surface area contributed by atoms with Gasteiger partial charge in [0.25, 0.3) is 0 Å². The molecule has 2 heteroatoms. The summed E-state index contributed by atoms with van der Waals surface area (Å²) in [7, 11) is 0. The van der Waals surface area contributed by atoms with E-state index in [4.69, 9.17) is 11.6 Å². The lowest BCUT2D eigenvalue weighted by molar-refractivity contribution is -0.0693. The topological polar surface area (TPSA) is 20.2 Å². The highest BCUT2D eigenvalue weighted by Gasteiger charge is 2.56. The molecule has 13 heavy (non-hydrogen) atoms. The van der Waals surface area contributed by atoms with Gasteiger partial charge in [0.15, 0.2) is 0 Å². The number of rotatable bonds is 1. The number of alkyl halides is 1. The van der Waals surface area contributed by atoms with Crippen molar-refractivity contribution in [1.82, 2.24) is 0 Å². The van der Waals surface area contributed by atoms with E-state index in [0.29, 0.717) is 6.61 Å². The third-order valence-corrected chi connectivity index (χ3v) is 4.89. The first-order valence-corrected chi connectivity index (χ1v) is 5.81. The van der Waals surface area contributed by atoms with E-state index in [0.717, 1.165) is 18.3 Å². The third kappa shape index (κ3) is 1.16. The molecule has 0 amide bonds. The van der Waals surface area contributed by atoms with Gasteiger partial charge in [0.1, 0.15) is 0 Å². The lowest BCUT2D eigenvalue weighted by atomic mass is 9.49. The summed E-state index contributed by atoms with van der Waals surface area (Å²) in [5.41, 5.74) is 0.228. The molecular weight excluding hydrogens is 184 g/mol. The van der Waals surface area contributed by atoms with Gasteiger partial charge in [-0.25, -0.2) is 0 Å². The molecule has 4 saturated carbocycles. The van der Waals surface area contributed by atoms with Crippen molar-refractivity contribution in [1.29, 1.82) is 0 Å². The minimum absolute atomic E-state index is 0.0762. The minimum Gasteiger partial charge on any atom is -0.396 e. The van der Waals surface area contributed by atoms with Crippen molar-refractivity contribution in [2.75, 3.05) is 6.61 Å². The molecule has 4 bridgehead atoms. The summed E-state index contributed by atoms with van der Waals surface area (Å²) in [6.07, 6.45) is 7.38. The first kappa shape index (κ1) is 8.55. The lowest BCUT2D eigenvalue weighted by Crippen LogP contribution is -2.54. The molecule has 4 aliphatic carbocycles. The summed E-state index contributed by atoms with van der Waals surface area (Å²) in [6.45, 7) is 0.370. The Balaban J connectivity index is 1.95. The van der Waals surface area contributed by atoms with Crippen molar-refractivity contribution in [3.8, 4) is 0 Å². The number of aliphatic hydroxyl groups is 1. The van der Waals surface area contributed by atoms with Crippen molar-refractivity contribution >= 4 is 11.6 Å². The Morgan fingerprint density at radius 2 is 1.77 bits per heavy atom. The fourth-order valence-corrected chi connectivity index (χ4v) is 5.24. The van der Waals surface area contributed by atoms with Crippen LogP contribution in [0.2, 0.25) is 0 Å². The highest BCUT2D eigenvalue weighted by Crippen LogP contribution is 2.63. The van der Waals surface area contributed by atoms with Gasteiger partial charge < -0.3 is 5.11 Å². The van der Waals surface area contributed by atoms with Crippen molar-refractivity contribution in [3.63, 3.8) is 0 Å². The summed E-state index contributed by atoms with van der Waals surface area (Å²) in [6, 6.07) is 0. The van der Waals surface area contributed by atoms with Crippen LogP contribution in [0.4, 0.5) is 0 Å². The molecule has 4 fully saturated rings. The maximum Gasteiger partial charge on any atom is 0.0488 e. The van der Waals surface area contributed by atoms with E-state index in [9.17, 15) is 5.11 Å². The van der Waals surface area contributed by atoms with Crippen molar-refractivity contribution in [2.45, 2.75) is 43.4 Å². The van der Waals surface area contributed by atoms with E-state index in [1.54, 1.807) is 0 Å². The molecule has 1 nitrogen and oxygen atoms in total. The lowest BCUT2D eigenvalue weighted by Gasteiger charge is -2.59. The average molecular weight is 201 g/mol. The van der Waals surface area contributed by atoms with Crippen LogP contribution >= 0.6 is 11.6 Å². The van der Waals surface area contributed by atoms with Crippen LogP contribution in [0.1, 0.15) is 38.5 Å². The first-order valence-electron chi connectivity index (χ1n) is 5.43. The first-order chi connectivity index (χ1) is 6.13. The van der Waals surface area contributed by atoms with Gasteiger partial charge >= 0.3 is 0 Å². The molecule has 4 rings (SSSR count). The van der Waals surface area contributed by atoms with Crippen molar-refractivity contribution < 1.29 is 5.11 Å². The molecule has 0 saturated heterocycles. The molecule has 0 aromatic heterocycles. The second-order valence-corrected chi connectivity index (χ2v) is 6.57. The summed E-state index contributed by atoms with van der Waals surface area (Å²) in [5, 5.41) is 9.49. The van der Waals surface area contributed by atoms with Crippen LogP contribution in [-0.4, -0.2) is 16.6 Å². The van der Waals surface area contributed by atoms with Gasteiger partial charge in [-0.1, -0.05) is 0 Å². The Labute approximate surface area is 84.5 Å². The van der Waals surface area contributed by atoms with Crippen LogP contribution in [0.3, 0.4) is 0 Å². The van der Waals surface area contributed by atoms with E-state index >= 15 is 0 Å². The molecule has 0 radical (unpaired) electrons. The SMILES string of the molecule is OCC12C[C@@H]3C[C@@H](CC(Cl)(C3)C1)C2. The van der Waals surface area contributed by atoms with Crippen LogP contribution in [-0.2, 0) is 0 Å². The zero-order valence-electron chi connectivity index (χ0n) is 7.93. The van der Waals surface area contributed by atoms with Crippen molar-refractivity contribution in [3.05, 3.63) is 0 Å². The quantitative estimate of drug-likeness (QED) is 0.646. The zero-order chi connectivity index (χ0) is 9.10. The standard InChI is InChI=1S/C11H17ClO/c12-11-4-8-1-9(5-11)3-10(2-8,6-11)7-13/h8-9,13H,1-7H2/t8-,9+,10?,11?. The van der Waals surface area contributed by atoms with E-state index < -0.39 is 0 Å². The van der Waals surface area contributed by atoms with E-state index in [-0.39, 0.29) is 10.3 Å². The fourth-order valence-electron chi connectivity index (χ4n) is 4.52. The number of hydrogen-bond donors (Lipinski definition) is 1. The van der Waals surface area contributed by atoms with E-state index in [1.807, 2.05) is 0 Å². The second-order valence-electron chi connectivity index (χ2n) is 5.77. The summed E-state index contributed by atoms with van der Waals surface area (Å²) in [5.74, 6) is 1.65. The number of aliphatic hydroxyl groups excluding tert-OH is 1. The smallest absolute Gasteiger partial charge is 0.0488 e. The monoisotopic (exact) mass is 200 g/mol. The molecule has 4 aliphatic rings. The Morgan fingerprint density at radius 1 is 1.15 bits per heavy atom. The molecule has 4 atom stereocenters. The number of halogens is 1. The molecule has 0 aliphatic heterocycles. The number of hydrogen-bond acceptors (Lipinski definition) is 1. The maximum atomic E-state index is 9.49. The molecule has 0 spiro atoms. The predicted octanol–water partition coefficient (Wildman–Crippen LogP) is 2.56. The summed E-state index contributed by atoms with van der Waals surface area (Å²) < 4.78 is 0. The molecule has 2 unspecified atom stereocenters. The highest BCUT2D eigenvalue weighted by molar-refractivity contribution is 6.24.